The van der Waals surface area contributed by atoms with E-state index in [0.717, 1.165) is 60.8 Å². The Morgan fingerprint density at radius 3 is 2.14 bits per heavy atom. The van der Waals surface area contributed by atoms with Crippen LogP contribution in [0.15, 0.2) is 109 Å². The molecule has 0 bridgehead atoms. The third-order valence-electron chi connectivity index (χ3n) is 8.03. The molecule has 43 heavy (non-hydrogen) atoms. The fraction of sp³-hybridized carbons (Fsp3) is 0.194. The molecule has 0 saturated carbocycles. The monoisotopic (exact) mass is 566 g/mol. The summed E-state index contributed by atoms with van der Waals surface area (Å²) in [6, 6.07) is 38.0. The number of nitrogens with one attached hydrogen (secondary N) is 1. The average Bonchev–Trinajstić information content (AvgIpc) is 3.41. The Morgan fingerprint density at radius 1 is 0.721 bits per heavy atom. The number of benzene rings is 4. The maximum Gasteiger partial charge on any atom is 0.226 e. The largest absolute Gasteiger partial charge is 0.497 e. The summed E-state index contributed by atoms with van der Waals surface area (Å²) < 4.78 is 7.40. The van der Waals surface area contributed by atoms with Gasteiger partial charge in [-0.3, -0.25) is 0 Å². The van der Waals surface area contributed by atoms with Crippen LogP contribution in [-0.4, -0.2) is 39.9 Å². The normalized spacial score (nSPS) is 12.4. The van der Waals surface area contributed by atoms with Crippen LogP contribution in [0.5, 0.6) is 5.75 Å². The van der Waals surface area contributed by atoms with Gasteiger partial charge in [0.05, 0.1) is 24.7 Å². The number of nitrogens with zero attached hydrogens (tertiary/aromatic N) is 5. The number of ether oxygens (including phenoxy) is 1. The highest BCUT2D eigenvalue weighted by molar-refractivity contribution is 5.92. The number of rotatable bonds is 10. The van der Waals surface area contributed by atoms with Crippen molar-refractivity contribution in [2.45, 2.75) is 25.9 Å². The van der Waals surface area contributed by atoms with Crippen LogP contribution in [0.1, 0.15) is 22.4 Å². The second kappa shape index (κ2) is 12.0. The zero-order valence-corrected chi connectivity index (χ0v) is 24.3. The Balaban J connectivity index is 1.15. The number of methoxy groups -OCH3 is 1. The minimum Gasteiger partial charge on any atom is -0.497 e. The fourth-order valence-corrected chi connectivity index (χ4v) is 5.74. The topological polar surface area (TPSA) is 68.1 Å². The molecule has 0 saturated heterocycles. The van der Waals surface area contributed by atoms with Gasteiger partial charge in [-0.05, 0) is 46.4 Å². The van der Waals surface area contributed by atoms with Crippen LogP contribution < -0.4 is 15.0 Å². The number of hydrogen-bond acceptors (Lipinski definition) is 6. The van der Waals surface area contributed by atoms with Gasteiger partial charge in [0.2, 0.25) is 5.95 Å². The lowest BCUT2D eigenvalue weighted by atomic mass is 10.0. The smallest absolute Gasteiger partial charge is 0.226 e. The van der Waals surface area contributed by atoms with Crippen LogP contribution in [0.2, 0.25) is 0 Å². The Morgan fingerprint density at radius 2 is 1.40 bits per heavy atom. The zero-order valence-electron chi connectivity index (χ0n) is 24.3. The number of aromatic nitrogens is 4. The lowest BCUT2D eigenvalue weighted by molar-refractivity contribution is 0.414. The van der Waals surface area contributed by atoms with Gasteiger partial charge in [0.1, 0.15) is 11.6 Å². The van der Waals surface area contributed by atoms with E-state index in [4.69, 9.17) is 19.8 Å². The molecule has 1 aliphatic heterocycles. The zero-order chi connectivity index (χ0) is 29.0. The quantitative estimate of drug-likeness (QED) is 0.197. The summed E-state index contributed by atoms with van der Waals surface area (Å²) >= 11 is 0. The summed E-state index contributed by atoms with van der Waals surface area (Å²) in [6.07, 6.45) is 1.73. The van der Waals surface area contributed by atoms with Gasteiger partial charge < -0.3 is 15.0 Å². The highest BCUT2D eigenvalue weighted by Gasteiger charge is 2.27. The highest BCUT2D eigenvalue weighted by Crippen LogP contribution is 2.34. The Bertz CT molecular complexity index is 1820. The van der Waals surface area contributed by atoms with Gasteiger partial charge in [0.15, 0.2) is 5.65 Å². The standard InChI is InChI=1S/C36H34N6O/c1-43-31-18-14-28(15-19-31)24-41-23-21-32-33-34(41)38-36(39-35(33)42(40-32)25-27-8-4-2-5-9-27)37-22-20-26-12-16-30(17-13-26)29-10-6-3-7-11-29/h2-19H,20-25H2,1H3,(H,37,38,39). The van der Waals surface area contributed by atoms with E-state index in [0.29, 0.717) is 12.5 Å². The molecule has 1 aliphatic rings. The third-order valence-corrected chi connectivity index (χ3v) is 8.03. The van der Waals surface area contributed by atoms with Crippen LogP contribution in [0.25, 0.3) is 22.2 Å². The maximum atomic E-state index is 5.36. The van der Waals surface area contributed by atoms with Crippen molar-refractivity contribution in [3.63, 3.8) is 0 Å². The van der Waals surface area contributed by atoms with Gasteiger partial charge in [0, 0.05) is 26.1 Å². The maximum absolute atomic E-state index is 5.36. The summed E-state index contributed by atoms with van der Waals surface area (Å²) in [5.74, 6) is 2.43. The van der Waals surface area contributed by atoms with E-state index in [-0.39, 0.29) is 0 Å². The minimum absolute atomic E-state index is 0.630. The SMILES string of the molecule is COc1ccc(CN2CCc3nn(Cc4ccccc4)c4nc(NCCc5ccc(-c6ccccc6)cc5)nc2c34)cc1. The molecule has 0 spiro atoms. The van der Waals surface area contributed by atoms with Crippen molar-refractivity contribution < 1.29 is 4.74 Å². The molecule has 214 valence electrons. The molecule has 0 aliphatic carbocycles. The van der Waals surface area contributed by atoms with E-state index in [1.54, 1.807) is 7.11 Å². The first-order valence-electron chi connectivity index (χ1n) is 14.8. The van der Waals surface area contributed by atoms with Crippen LogP contribution >= 0.6 is 0 Å². The van der Waals surface area contributed by atoms with Crippen molar-refractivity contribution in [2.24, 2.45) is 0 Å². The number of anilines is 2. The summed E-state index contributed by atoms with van der Waals surface area (Å²) in [5.41, 5.74) is 8.07. The molecule has 0 atom stereocenters. The van der Waals surface area contributed by atoms with E-state index < -0.39 is 0 Å². The molecule has 6 aromatic rings. The predicted octanol–water partition coefficient (Wildman–Crippen LogP) is 6.77. The summed E-state index contributed by atoms with van der Waals surface area (Å²) in [6.45, 7) is 3.00. The molecular formula is C36H34N6O. The van der Waals surface area contributed by atoms with Gasteiger partial charge in [-0.2, -0.15) is 15.1 Å². The highest BCUT2D eigenvalue weighted by atomic mass is 16.5. The minimum atomic E-state index is 0.630. The Labute approximate surface area is 251 Å². The van der Waals surface area contributed by atoms with Crippen molar-refractivity contribution in [1.82, 2.24) is 19.7 Å². The van der Waals surface area contributed by atoms with Gasteiger partial charge in [-0.25, -0.2) is 4.68 Å². The van der Waals surface area contributed by atoms with E-state index in [2.05, 4.69) is 95.1 Å². The molecule has 2 aromatic heterocycles. The molecule has 0 fully saturated rings. The molecule has 0 unspecified atom stereocenters. The Hall–Kier alpha value is -5.17. The van der Waals surface area contributed by atoms with Crippen LogP contribution in [0.3, 0.4) is 0 Å². The molecule has 4 aromatic carbocycles. The van der Waals surface area contributed by atoms with Crippen molar-refractivity contribution in [3.05, 3.63) is 132 Å². The Kier molecular flexibility index (Phi) is 7.44. The summed E-state index contributed by atoms with van der Waals surface area (Å²) in [7, 11) is 1.69. The molecule has 0 radical (unpaired) electrons. The number of hydrogen-bond donors (Lipinski definition) is 1. The third kappa shape index (κ3) is 5.79. The van der Waals surface area contributed by atoms with E-state index >= 15 is 0 Å². The van der Waals surface area contributed by atoms with Gasteiger partial charge >= 0.3 is 0 Å². The average molecular weight is 567 g/mol. The summed E-state index contributed by atoms with van der Waals surface area (Å²) in [5, 5.41) is 9.60. The first-order chi connectivity index (χ1) is 21.2. The van der Waals surface area contributed by atoms with Crippen molar-refractivity contribution in [3.8, 4) is 16.9 Å². The van der Waals surface area contributed by atoms with Crippen molar-refractivity contribution >= 4 is 22.8 Å². The molecule has 1 N–H and O–H groups in total. The second-order valence-corrected chi connectivity index (χ2v) is 10.9. The molecule has 3 heterocycles. The van der Waals surface area contributed by atoms with Crippen molar-refractivity contribution in [2.75, 3.05) is 30.4 Å². The predicted molar refractivity (Wildman–Crippen MR) is 173 cm³/mol. The van der Waals surface area contributed by atoms with Crippen molar-refractivity contribution in [1.29, 1.82) is 0 Å². The first kappa shape index (κ1) is 26.7. The molecule has 7 nitrogen and oxygen atoms in total. The molecule has 7 heteroatoms. The first-order valence-corrected chi connectivity index (χ1v) is 14.8. The van der Waals surface area contributed by atoms with E-state index in [9.17, 15) is 0 Å². The van der Waals surface area contributed by atoms with Gasteiger partial charge in [-0.15, -0.1) is 0 Å². The molecule has 7 rings (SSSR count). The van der Waals surface area contributed by atoms with E-state index in [1.165, 1.54) is 27.8 Å². The van der Waals surface area contributed by atoms with Crippen LogP contribution in [0.4, 0.5) is 11.8 Å². The molecular weight excluding hydrogens is 532 g/mol. The lowest BCUT2D eigenvalue weighted by Gasteiger charge is -2.28. The fourth-order valence-electron chi connectivity index (χ4n) is 5.74. The second-order valence-electron chi connectivity index (χ2n) is 10.9. The molecule has 0 amide bonds. The lowest BCUT2D eigenvalue weighted by Crippen LogP contribution is -2.29. The summed E-state index contributed by atoms with van der Waals surface area (Å²) in [4.78, 5) is 12.4. The van der Waals surface area contributed by atoms with Crippen LogP contribution in [0, 0.1) is 0 Å². The van der Waals surface area contributed by atoms with Crippen LogP contribution in [-0.2, 0) is 25.9 Å². The van der Waals surface area contributed by atoms with Gasteiger partial charge in [0.25, 0.3) is 0 Å². The van der Waals surface area contributed by atoms with Gasteiger partial charge in [-0.1, -0.05) is 97.1 Å². The van der Waals surface area contributed by atoms with E-state index in [1.807, 2.05) is 28.9 Å².